The first kappa shape index (κ1) is 12.7. The van der Waals surface area contributed by atoms with Gasteiger partial charge >= 0.3 is 0 Å². The van der Waals surface area contributed by atoms with Crippen molar-refractivity contribution < 1.29 is 8.42 Å². The summed E-state index contributed by atoms with van der Waals surface area (Å²) >= 11 is 0. The number of nitrogens with zero attached hydrogens (tertiary/aromatic N) is 1. The minimum absolute atomic E-state index is 0.210. The lowest BCUT2D eigenvalue weighted by Gasteiger charge is -2.14. The summed E-state index contributed by atoms with van der Waals surface area (Å²) in [5.41, 5.74) is 3.81. The molecule has 0 amide bonds. The molecule has 1 aliphatic carbocycles. The van der Waals surface area contributed by atoms with Crippen molar-refractivity contribution in [3.05, 3.63) is 29.5 Å². The first-order valence-corrected chi connectivity index (χ1v) is 8.24. The summed E-state index contributed by atoms with van der Waals surface area (Å²) in [4.78, 5) is 0.210. The van der Waals surface area contributed by atoms with Gasteiger partial charge in [-0.2, -0.15) is 0 Å². The number of aromatic nitrogens is 1. The fourth-order valence-electron chi connectivity index (χ4n) is 3.15. The molecule has 5 heteroatoms. The number of aryl methyl sites for hydroxylation is 2. The van der Waals surface area contributed by atoms with Gasteiger partial charge in [-0.1, -0.05) is 0 Å². The van der Waals surface area contributed by atoms with Crippen molar-refractivity contribution in [1.82, 2.24) is 4.57 Å². The first-order valence-electron chi connectivity index (χ1n) is 6.69. The summed E-state index contributed by atoms with van der Waals surface area (Å²) in [5.74, 6) is 0. The van der Waals surface area contributed by atoms with Crippen LogP contribution in [0, 0.1) is 0 Å². The van der Waals surface area contributed by atoms with E-state index in [2.05, 4.69) is 11.5 Å². The van der Waals surface area contributed by atoms with E-state index in [0.717, 1.165) is 30.3 Å². The molecule has 0 aliphatic heterocycles. The predicted molar refractivity (Wildman–Crippen MR) is 75.6 cm³/mol. The monoisotopic (exact) mass is 278 g/mol. The van der Waals surface area contributed by atoms with Crippen molar-refractivity contribution in [3.8, 4) is 0 Å². The second-order valence-electron chi connectivity index (χ2n) is 5.10. The Balaban J connectivity index is 2.34. The van der Waals surface area contributed by atoms with E-state index in [9.17, 15) is 8.42 Å². The Morgan fingerprint density at radius 1 is 1.26 bits per heavy atom. The highest BCUT2D eigenvalue weighted by atomic mass is 32.2. The summed E-state index contributed by atoms with van der Waals surface area (Å²) in [6.45, 7) is 3.04. The molecule has 0 radical (unpaired) electrons. The van der Waals surface area contributed by atoms with Gasteiger partial charge in [-0.05, 0) is 56.4 Å². The van der Waals surface area contributed by atoms with Gasteiger partial charge in [-0.25, -0.2) is 13.6 Å². The lowest BCUT2D eigenvalue weighted by Crippen LogP contribution is -2.11. The number of sulfonamides is 1. The Kier molecular flexibility index (Phi) is 2.91. The number of hydrogen-bond donors (Lipinski definition) is 1. The van der Waals surface area contributed by atoms with Gasteiger partial charge in [-0.3, -0.25) is 0 Å². The van der Waals surface area contributed by atoms with E-state index in [1.807, 2.05) is 6.07 Å². The summed E-state index contributed by atoms with van der Waals surface area (Å²) in [6, 6.07) is 5.23. The van der Waals surface area contributed by atoms with Gasteiger partial charge in [0.15, 0.2) is 0 Å². The largest absolute Gasteiger partial charge is 0.345 e. The van der Waals surface area contributed by atoms with Gasteiger partial charge in [0.2, 0.25) is 10.0 Å². The molecule has 4 nitrogen and oxygen atoms in total. The minimum Gasteiger partial charge on any atom is -0.345 e. The van der Waals surface area contributed by atoms with Gasteiger partial charge in [0, 0.05) is 23.1 Å². The van der Waals surface area contributed by atoms with E-state index in [-0.39, 0.29) is 4.90 Å². The van der Waals surface area contributed by atoms with Crippen molar-refractivity contribution in [2.75, 3.05) is 0 Å². The summed E-state index contributed by atoms with van der Waals surface area (Å²) in [5, 5.41) is 6.29. The molecule has 0 spiro atoms. The zero-order chi connectivity index (χ0) is 13.6. The van der Waals surface area contributed by atoms with E-state index in [0.29, 0.717) is 0 Å². The standard InChI is InChI=1S/C14H18N2O2S/c1-2-16-13-6-4-3-5-11(13)12-9-10(19(15,17)18)7-8-14(12)16/h7-9H,2-6H2,1H3,(H2,15,17,18). The molecule has 3 rings (SSSR count). The average molecular weight is 278 g/mol. The Morgan fingerprint density at radius 2 is 2.00 bits per heavy atom. The molecule has 19 heavy (non-hydrogen) atoms. The maximum atomic E-state index is 11.5. The number of benzene rings is 1. The van der Waals surface area contributed by atoms with E-state index < -0.39 is 10.0 Å². The van der Waals surface area contributed by atoms with Gasteiger partial charge in [0.1, 0.15) is 0 Å². The highest BCUT2D eigenvalue weighted by Gasteiger charge is 2.20. The third-order valence-electron chi connectivity index (χ3n) is 3.99. The van der Waals surface area contributed by atoms with Crippen LogP contribution in [0.2, 0.25) is 0 Å². The van der Waals surface area contributed by atoms with Crippen molar-refractivity contribution in [1.29, 1.82) is 0 Å². The molecule has 102 valence electrons. The third kappa shape index (κ3) is 1.97. The fraction of sp³-hybridized carbons (Fsp3) is 0.429. The molecule has 2 N–H and O–H groups in total. The van der Waals surface area contributed by atoms with Gasteiger partial charge in [0.25, 0.3) is 0 Å². The molecule has 0 saturated carbocycles. The molecule has 2 aromatic rings. The maximum Gasteiger partial charge on any atom is 0.238 e. The van der Waals surface area contributed by atoms with Gasteiger partial charge in [-0.15, -0.1) is 0 Å². The quantitative estimate of drug-likeness (QED) is 0.915. The normalized spacial score (nSPS) is 15.7. The topological polar surface area (TPSA) is 65.1 Å². The summed E-state index contributed by atoms with van der Waals surface area (Å²) in [7, 11) is -3.63. The number of primary sulfonamides is 1. The zero-order valence-corrected chi connectivity index (χ0v) is 11.8. The molecule has 0 saturated heterocycles. The van der Waals surface area contributed by atoms with Crippen molar-refractivity contribution >= 4 is 20.9 Å². The molecule has 1 aromatic carbocycles. The molecule has 0 atom stereocenters. The Labute approximate surface area is 113 Å². The van der Waals surface area contributed by atoms with Crippen LogP contribution in [0.5, 0.6) is 0 Å². The van der Waals surface area contributed by atoms with Crippen LogP contribution in [0.4, 0.5) is 0 Å². The van der Waals surface area contributed by atoms with Crippen LogP contribution in [0.3, 0.4) is 0 Å². The molecule has 0 fully saturated rings. The second-order valence-corrected chi connectivity index (χ2v) is 6.66. The SMILES string of the molecule is CCn1c2c(c3cc(S(N)(=O)=O)ccc31)CCCC2. The molecule has 1 aliphatic rings. The molecule has 0 bridgehead atoms. The number of rotatable bonds is 2. The van der Waals surface area contributed by atoms with Crippen LogP contribution < -0.4 is 5.14 Å². The first-order chi connectivity index (χ1) is 9.02. The molecular weight excluding hydrogens is 260 g/mol. The van der Waals surface area contributed by atoms with E-state index >= 15 is 0 Å². The predicted octanol–water partition coefficient (Wildman–Crippen LogP) is 2.19. The van der Waals surface area contributed by atoms with E-state index in [4.69, 9.17) is 5.14 Å². The third-order valence-corrected chi connectivity index (χ3v) is 4.90. The molecule has 1 heterocycles. The highest BCUT2D eigenvalue weighted by molar-refractivity contribution is 7.89. The van der Waals surface area contributed by atoms with Crippen LogP contribution >= 0.6 is 0 Å². The Morgan fingerprint density at radius 3 is 2.68 bits per heavy atom. The second kappa shape index (κ2) is 4.35. The smallest absolute Gasteiger partial charge is 0.238 e. The van der Waals surface area contributed by atoms with Crippen LogP contribution in [0.1, 0.15) is 31.0 Å². The van der Waals surface area contributed by atoms with E-state index in [1.54, 1.807) is 12.1 Å². The molecule has 0 unspecified atom stereocenters. The molecule has 1 aromatic heterocycles. The van der Waals surface area contributed by atoms with Crippen LogP contribution in [0.25, 0.3) is 10.9 Å². The Bertz CT molecular complexity index is 744. The van der Waals surface area contributed by atoms with Crippen LogP contribution in [-0.2, 0) is 29.4 Å². The lowest BCUT2D eigenvalue weighted by molar-refractivity contribution is 0.598. The maximum absolute atomic E-state index is 11.5. The number of hydrogen-bond acceptors (Lipinski definition) is 2. The van der Waals surface area contributed by atoms with Crippen LogP contribution in [-0.4, -0.2) is 13.0 Å². The highest BCUT2D eigenvalue weighted by Crippen LogP contribution is 2.33. The lowest BCUT2D eigenvalue weighted by atomic mass is 9.95. The molecular formula is C14H18N2O2S. The number of fused-ring (bicyclic) bond motifs is 3. The van der Waals surface area contributed by atoms with Gasteiger partial charge < -0.3 is 4.57 Å². The van der Waals surface area contributed by atoms with Crippen LogP contribution in [0.15, 0.2) is 23.1 Å². The average Bonchev–Trinajstić information content (AvgIpc) is 2.70. The Hall–Kier alpha value is -1.33. The fourth-order valence-corrected chi connectivity index (χ4v) is 3.69. The minimum atomic E-state index is -3.63. The van der Waals surface area contributed by atoms with E-state index in [1.165, 1.54) is 24.1 Å². The zero-order valence-electron chi connectivity index (χ0n) is 11.0. The summed E-state index contributed by atoms with van der Waals surface area (Å²) in [6.07, 6.45) is 4.51. The van der Waals surface area contributed by atoms with Crippen molar-refractivity contribution in [2.24, 2.45) is 5.14 Å². The summed E-state index contributed by atoms with van der Waals surface area (Å²) < 4.78 is 25.3. The van der Waals surface area contributed by atoms with Crippen molar-refractivity contribution in [2.45, 2.75) is 44.0 Å². The number of nitrogens with two attached hydrogens (primary N) is 1. The van der Waals surface area contributed by atoms with Gasteiger partial charge in [0.05, 0.1) is 4.90 Å². The van der Waals surface area contributed by atoms with Crippen molar-refractivity contribution in [3.63, 3.8) is 0 Å².